The Morgan fingerprint density at radius 3 is 2.41 bits per heavy atom. The average Bonchev–Trinajstić information content (AvgIpc) is 3.09. The summed E-state index contributed by atoms with van der Waals surface area (Å²) in [6, 6.07) is 14.0. The Morgan fingerprint density at radius 1 is 0.963 bits per heavy atom. The molecule has 0 saturated carbocycles. The molecule has 0 spiro atoms. The standard InChI is InChI=1S/C19H18N4O4/c1-11(2)20-18(25)19(26)22-21-17(24)13-8-9-15-14(10-13)16(27-23-15)12-6-4-3-5-7-12/h3-11H,1-2H3,(H,20,25)(H,21,24)(H,22,26). The van der Waals surface area contributed by atoms with Gasteiger partial charge in [-0.15, -0.1) is 0 Å². The number of carbonyl (C=O) groups excluding carboxylic acids is 3. The molecule has 0 bridgehead atoms. The van der Waals surface area contributed by atoms with Crippen molar-refractivity contribution >= 4 is 28.6 Å². The zero-order chi connectivity index (χ0) is 19.4. The van der Waals surface area contributed by atoms with Crippen molar-refractivity contribution in [3.63, 3.8) is 0 Å². The van der Waals surface area contributed by atoms with Crippen LogP contribution in [0.15, 0.2) is 53.1 Å². The minimum atomic E-state index is -0.951. The van der Waals surface area contributed by atoms with Gasteiger partial charge in [-0.1, -0.05) is 35.5 Å². The highest BCUT2D eigenvalue weighted by atomic mass is 16.5. The summed E-state index contributed by atoms with van der Waals surface area (Å²) in [6.45, 7) is 3.45. The van der Waals surface area contributed by atoms with Crippen LogP contribution in [-0.4, -0.2) is 28.9 Å². The first-order valence-corrected chi connectivity index (χ1v) is 8.31. The second-order valence-electron chi connectivity index (χ2n) is 6.15. The first-order valence-electron chi connectivity index (χ1n) is 8.31. The van der Waals surface area contributed by atoms with Crippen molar-refractivity contribution in [2.24, 2.45) is 0 Å². The fourth-order valence-corrected chi connectivity index (χ4v) is 2.45. The number of hydrazine groups is 1. The summed E-state index contributed by atoms with van der Waals surface area (Å²) in [5.74, 6) is -1.80. The quantitative estimate of drug-likeness (QED) is 0.483. The smallest absolute Gasteiger partial charge is 0.327 e. The second kappa shape index (κ2) is 7.69. The Morgan fingerprint density at radius 2 is 1.70 bits per heavy atom. The maximum atomic E-state index is 12.3. The van der Waals surface area contributed by atoms with Gasteiger partial charge >= 0.3 is 11.8 Å². The van der Waals surface area contributed by atoms with Crippen LogP contribution in [0.1, 0.15) is 24.2 Å². The molecule has 3 amide bonds. The molecule has 8 nitrogen and oxygen atoms in total. The van der Waals surface area contributed by atoms with Gasteiger partial charge in [0.25, 0.3) is 5.91 Å². The number of nitrogens with zero attached hydrogens (tertiary/aromatic N) is 1. The van der Waals surface area contributed by atoms with Gasteiger partial charge in [0.2, 0.25) is 0 Å². The third-order valence-corrected chi connectivity index (χ3v) is 3.69. The lowest BCUT2D eigenvalue weighted by atomic mass is 10.1. The molecule has 1 heterocycles. The predicted molar refractivity (Wildman–Crippen MR) is 98.3 cm³/mol. The van der Waals surface area contributed by atoms with E-state index in [1.165, 1.54) is 0 Å². The number of amides is 3. The molecule has 0 aliphatic carbocycles. The molecule has 2 aromatic carbocycles. The van der Waals surface area contributed by atoms with Crippen molar-refractivity contribution in [2.75, 3.05) is 0 Å². The molecule has 3 rings (SSSR count). The van der Waals surface area contributed by atoms with Crippen molar-refractivity contribution in [3.8, 4) is 11.3 Å². The van der Waals surface area contributed by atoms with Crippen LogP contribution in [0.3, 0.4) is 0 Å². The van der Waals surface area contributed by atoms with E-state index in [0.29, 0.717) is 16.7 Å². The van der Waals surface area contributed by atoms with Gasteiger partial charge in [-0.25, -0.2) is 0 Å². The van der Waals surface area contributed by atoms with E-state index in [-0.39, 0.29) is 11.6 Å². The van der Waals surface area contributed by atoms with E-state index in [4.69, 9.17) is 4.52 Å². The van der Waals surface area contributed by atoms with Gasteiger partial charge in [0.15, 0.2) is 5.76 Å². The van der Waals surface area contributed by atoms with E-state index in [2.05, 4.69) is 21.3 Å². The normalized spacial score (nSPS) is 10.6. The van der Waals surface area contributed by atoms with Crippen molar-refractivity contribution in [1.82, 2.24) is 21.3 Å². The zero-order valence-corrected chi connectivity index (χ0v) is 14.8. The molecule has 0 atom stereocenters. The van der Waals surface area contributed by atoms with Crippen LogP contribution in [0, 0.1) is 0 Å². The van der Waals surface area contributed by atoms with Gasteiger partial charge in [-0.3, -0.25) is 25.2 Å². The monoisotopic (exact) mass is 366 g/mol. The van der Waals surface area contributed by atoms with Gasteiger partial charge in [-0.2, -0.15) is 0 Å². The number of benzene rings is 2. The molecule has 0 aliphatic heterocycles. The molecule has 0 radical (unpaired) electrons. The molecule has 0 aliphatic rings. The second-order valence-corrected chi connectivity index (χ2v) is 6.15. The predicted octanol–water partition coefficient (Wildman–Crippen LogP) is 1.78. The fourth-order valence-electron chi connectivity index (χ4n) is 2.45. The Hall–Kier alpha value is -3.68. The number of carbonyl (C=O) groups is 3. The lowest BCUT2D eigenvalue weighted by Crippen LogP contribution is -2.49. The molecule has 0 fully saturated rings. The lowest BCUT2D eigenvalue weighted by Gasteiger charge is -2.09. The van der Waals surface area contributed by atoms with Gasteiger partial charge in [0.05, 0.1) is 5.39 Å². The molecule has 138 valence electrons. The Kier molecular flexibility index (Phi) is 5.16. The summed E-state index contributed by atoms with van der Waals surface area (Å²) in [6.07, 6.45) is 0. The van der Waals surface area contributed by atoms with Crippen LogP contribution < -0.4 is 16.2 Å². The van der Waals surface area contributed by atoms with Gasteiger partial charge < -0.3 is 9.84 Å². The highest BCUT2D eigenvalue weighted by Crippen LogP contribution is 2.29. The number of hydrogen-bond donors (Lipinski definition) is 3. The van der Waals surface area contributed by atoms with Crippen LogP contribution >= 0.6 is 0 Å². The topological polar surface area (TPSA) is 113 Å². The van der Waals surface area contributed by atoms with E-state index in [9.17, 15) is 14.4 Å². The van der Waals surface area contributed by atoms with Crippen LogP contribution in [0.2, 0.25) is 0 Å². The van der Waals surface area contributed by atoms with Crippen molar-refractivity contribution in [1.29, 1.82) is 0 Å². The van der Waals surface area contributed by atoms with E-state index >= 15 is 0 Å². The summed E-state index contributed by atoms with van der Waals surface area (Å²) in [5, 5.41) is 7.09. The maximum Gasteiger partial charge on any atom is 0.327 e. The number of aromatic nitrogens is 1. The third kappa shape index (κ3) is 4.12. The van der Waals surface area contributed by atoms with Crippen LogP contribution in [0.4, 0.5) is 0 Å². The van der Waals surface area contributed by atoms with Crippen LogP contribution in [0.5, 0.6) is 0 Å². The average molecular weight is 366 g/mol. The number of nitrogens with one attached hydrogen (secondary N) is 3. The Balaban J connectivity index is 1.76. The Bertz CT molecular complexity index is 995. The minimum Gasteiger partial charge on any atom is -0.355 e. The molecule has 27 heavy (non-hydrogen) atoms. The highest BCUT2D eigenvalue weighted by Gasteiger charge is 2.17. The van der Waals surface area contributed by atoms with E-state index in [0.717, 1.165) is 5.56 Å². The summed E-state index contributed by atoms with van der Waals surface area (Å²) in [5.41, 5.74) is 6.02. The molecule has 0 saturated heterocycles. The van der Waals surface area contributed by atoms with Gasteiger partial charge in [-0.05, 0) is 32.0 Å². The third-order valence-electron chi connectivity index (χ3n) is 3.69. The maximum absolute atomic E-state index is 12.3. The Labute approximate surface area is 154 Å². The molecule has 8 heteroatoms. The van der Waals surface area contributed by atoms with Crippen molar-refractivity contribution in [2.45, 2.75) is 19.9 Å². The lowest BCUT2D eigenvalue weighted by molar-refractivity contribution is -0.139. The van der Waals surface area contributed by atoms with Crippen LogP contribution in [-0.2, 0) is 9.59 Å². The van der Waals surface area contributed by atoms with Crippen LogP contribution in [0.25, 0.3) is 22.2 Å². The summed E-state index contributed by atoms with van der Waals surface area (Å²) < 4.78 is 5.40. The molecule has 1 aromatic heterocycles. The van der Waals surface area contributed by atoms with Gasteiger partial charge in [0, 0.05) is 17.2 Å². The molecular weight excluding hydrogens is 348 g/mol. The molecule has 3 N–H and O–H groups in total. The number of fused-ring (bicyclic) bond motifs is 1. The fraction of sp³-hybridized carbons (Fsp3) is 0.158. The minimum absolute atomic E-state index is 0.189. The summed E-state index contributed by atoms with van der Waals surface area (Å²) in [4.78, 5) is 35.5. The van der Waals surface area contributed by atoms with Gasteiger partial charge in [0.1, 0.15) is 5.52 Å². The summed E-state index contributed by atoms with van der Waals surface area (Å²) in [7, 11) is 0. The SMILES string of the molecule is CC(C)NC(=O)C(=O)NNC(=O)c1ccc2noc(-c3ccccc3)c2c1. The zero-order valence-electron chi connectivity index (χ0n) is 14.8. The van der Waals surface area contributed by atoms with Crippen molar-refractivity contribution in [3.05, 3.63) is 54.1 Å². The number of rotatable bonds is 3. The summed E-state index contributed by atoms with van der Waals surface area (Å²) >= 11 is 0. The highest BCUT2D eigenvalue weighted by molar-refractivity contribution is 6.35. The van der Waals surface area contributed by atoms with E-state index < -0.39 is 17.7 Å². The first-order chi connectivity index (χ1) is 13.0. The van der Waals surface area contributed by atoms with E-state index in [1.54, 1.807) is 32.0 Å². The molecule has 0 unspecified atom stereocenters. The largest absolute Gasteiger partial charge is 0.355 e. The molecule has 3 aromatic rings. The number of hydrogen-bond acceptors (Lipinski definition) is 5. The molecular formula is C19H18N4O4. The van der Waals surface area contributed by atoms with E-state index in [1.807, 2.05) is 30.3 Å². The van der Waals surface area contributed by atoms with Crippen molar-refractivity contribution < 1.29 is 18.9 Å². The first kappa shape index (κ1) is 18.1.